The number of ether oxygens (including phenoxy) is 1. The Hall–Kier alpha value is -0.870. The van der Waals surface area contributed by atoms with E-state index in [-0.39, 0.29) is 36.5 Å². The Morgan fingerprint density at radius 1 is 1.42 bits per heavy atom. The van der Waals surface area contributed by atoms with Crippen LogP contribution in [0.1, 0.15) is 38.0 Å². The van der Waals surface area contributed by atoms with Crippen molar-refractivity contribution in [2.45, 2.75) is 38.7 Å². The third kappa shape index (κ3) is 8.84. The summed E-state index contributed by atoms with van der Waals surface area (Å²) in [7, 11) is 1.40. The molecule has 0 saturated heterocycles. The SMILES string of the molecule is CCNC(=NCC(C)(O)c1cccs1)NCCCCC(=O)OC.I. The molecular weight excluding hydrogens is 441 g/mol. The molecule has 6 nitrogen and oxygen atoms in total. The average Bonchev–Trinajstić information content (AvgIpc) is 3.07. The number of halogens is 1. The molecule has 0 spiro atoms. The van der Waals surface area contributed by atoms with Crippen LogP contribution in [0.15, 0.2) is 22.5 Å². The first-order valence-corrected chi connectivity index (χ1v) is 8.73. The predicted molar refractivity (Wildman–Crippen MR) is 109 cm³/mol. The molecule has 0 bridgehead atoms. The van der Waals surface area contributed by atoms with Crippen molar-refractivity contribution in [2.24, 2.45) is 4.99 Å². The largest absolute Gasteiger partial charge is 0.469 e. The Bertz CT molecular complexity index is 493. The highest BCUT2D eigenvalue weighted by Gasteiger charge is 2.23. The van der Waals surface area contributed by atoms with E-state index >= 15 is 0 Å². The minimum Gasteiger partial charge on any atom is -0.469 e. The molecular formula is C16H28IN3O3S. The molecule has 24 heavy (non-hydrogen) atoms. The quantitative estimate of drug-likeness (QED) is 0.170. The number of hydrogen-bond acceptors (Lipinski definition) is 5. The van der Waals surface area contributed by atoms with E-state index in [4.69, 9.17) is 0 Å². The van der Waals surface area contributed by atoms with Crippen LogP contribution in [0.3, 0.4) is 0 Å². The van der Waals surface area contributed by atoms with Gasteiger partial charge in [-0.15, -0.1) is 35.3 Å². The van der Waals surface area contributed by atoms with Crippen LogP contribution in [0, 0.1) is 0 Å². The Morgan fingerprint density at radius 2 is 2.17 bits per heavy atom. The van der Waals surface area contributed by atoms with Gasteiger partial charge in [-0.05, 0) is 38.1 Å². The number of hydrogen-bond donors (Lipinski definition) is 3. The molecule has 0 aromatic carbocycles. The predicted octanol–water partition coefficient (Wildman–Crippen LogP) is 2.47. The number of nitrogens with zero attached hydrogens (tertiary/aromatic N) is 1. The van der Waals surface area contributed by atoms with Crippen LogP contribution >= 0.6 is 35.3 Å². The number of nitrogens with one attached hydrogen (secondary N) is 2. The molecule has 1 aromatic rings. The van der Waals surface area contributed by atoms with Gasteiger partial charge in [0.2, 0.25) is 0 Å². The van der Waals surface area contributed by atoms with Crippen molar-refractivity contribution in [1.29, 1.82) is 0 Å². The summed E-state index contributed by atoms with van der Waals surface area (Å²) in [6.07, 6.45) is 2.05. The van der Waals surface area contributed by atoms with Crippen molar-refractivity contribution in [3.63, 3.8) is 0 Å². The minimum atomic E-state index is -0.971. The molecule has 0 aliphatic heterocycles. The highest BCUT2D eigenvalue weighted by Crippen LogP contribution is 2.25. The highest BCUT2D eigenvalue weighted by atomic mass is 127. The van der Waals surface area contributed by atoms with Gasteiger partial charge in [-0.1, -0.05) is 6.07 Å². The van der Waals surface area contributed by atoms with E-state index in [2.05, 4.69) is 20.4 Å². The molecule has 1 atom stereocenters. The van der Waals surface area contributed by atoms with Gasteiger partial charge in [0.05, 0.1) is 13.7 Å². The zero-order valence-corrected chi connectivity index (χ0v) is 17.6. The van der Waals surface area contributed by atoms with Crippen LogP contribution in [0.25, 0.3) is 0 Å². The summed E-state index contributed by atoms with van der Waals surface area (Å²) in [5.74, 6) is 0.486. The third-order valence-corrected chi connectivity index (χ3v) is 4.39. The number of unbranched alkanes of at least 4 members (excludes halogenated alkanes) is 1. The smallest absolute Gasteiger partial charge is 0.305 e. The number of aliphatic imine (C=N–C) groups is 1. The summed E-state index contributed by atoms with van der Waals surface area (Å²) >= 11 is 1.52. The number of aliphatic hydroxyl groups is 1. The molecule has 0 amide bonds. The molecule has 1 aromatic heterocycles. The lowest BCUT2D eigenvalue weighted by Crippen LogP contribution is -2.39. The van der Waals surface area contributed by atoms with Crippen molar-refractivity contribution in [2.75, 3.05) is 26.7 Å². The average molecular weight is 469 g/mol. The highest BCUT2D eigenvalue weighted by molar-refractivity contribution is 14.0. The lowest BCUT2D eigenvalue weighted by Gasteiger charge is -2.20. The monoisotopic (exact) mass is 469 g/mol. The summed E-state index contributed by atoms with van der Waals surface area (Å²) in [6.45, 7) is 5.50. The van der Waals surface area contributed by atoms with Gasteiger partial charge in [0.25, 0.3) is 0 Å². The van der Waals surface area contributed by atoms with E-state index < -0.39 is 5.60 Å². The second kappa shape index (κ2) is 12.5. The van der Waals surface area contributed by atoms with Crippen LogP contribution in [0.2, 0.25) is 0 Å². The van der Waals surface area contributed by atoms with Gasteiger partial charge in [-0.3, -0.25) is 4.79 Å². The van der Waals surface area contributed by atoms with Gasteiger partial charge in [0, 0.05) is 24.4 Å². The van der Waals surface area contributed by atoms with Crippen LogP contribution in [0.5, 0.6) is 0 Å². The fourth-order valence-corrected chi connectivity index (χ4v) is 2.72. The number of carbonyl (C=O) groups is 1. The van der Waals surface area contributed by atoms with Crippen molar-refractivity contribution < 1.29 is 14.6 Å². The zero-order valence-electron chi connectivity index (χ0n) is 14.5. The maximum absolute atomic E-state index is 11.0. The summed E-state index contributed by atoms with van der Waals surface area (Å²) in [6, 6.07) is 3.83. The lowest BCUT2D eigenvalue weighted by atomic mass is 10.1. The van der Waals surface area contributed by atoms with Crippen molar-refractivity contribution in [1.82, 2.24) is 10.6 Å². The molecule has 0 radical (unpaired) electrons. The van der Waals surface area contributed by atoms with E-state index in [0.29, 0.717) is 18.9 Å². The summed E-state index contributed by atoms with van der Waals surface area (Å²) in [4.78, 5) is 16.4. The Morgan fingerprint density at radius 3 is 2.75 bits per heavy atom. The number of rotatable bonds is 9. The molecule has 0 aliphatic carbocycles. The molecule has 0 saturated carbocycles. The molecule has 8 heteroatoms. The fourth-order valence-electron chi connectivity index (χ4n) is 1.94. The van der Waals surface area contributed by atoms with Crippen LogP contribution in [0.4, 0.5) is 0 Å². The molecule has 1 unspecified atom stereocenters. The van der Waals surface area contributed by atoms with Crippen molar-refractivity contribution >= 4 is 47.2 Å². The first-order valence-electron chi connectivity index (χ1n) is 7.85. The van der Waals surface area contributed by atoms with Gasteiger partial charge >= 0.3 is 5.97 Å². The molecule has 0 aliphatic rings. The van der Waals surface area contributed by atoms with Gasteiger partial charge in [-0.25, -0.2) is 4.99 Å². The fraction of sp³-hybridized carbons (Fsp3) is 0.625. The second-order valence-corrected chi connectivity index (χ2v) is 6.35. The van der Waals surface area contributed by atoms with Crippen LogP contribution in [-0.4, -0.2) is 43.8 Å². The maximum Gasteiger partial charge on any atom is 0.305 e. The van der Waals surface area contributed by atoms with E-state index in [0.717, 1.165) is 24.3 Å². The zero-order chi connectivity index (χ0) is 17.1. The number of methoxy groups -OCH3 is 1. The van der Waals surface area contributed by atoms with Gasteiger partial charge < -0.3 is 20.5 Å². The Kier molecular flexibility index (Phi) is 12.0. The van der Waals surface area contributed by atoms with Crippen LogP contribution in [-0.2, 0) is 15.1 Å². The van der Waals surface area contributed by atoms with Crippen molar-refractivity contribution in [3.8, 4) is 0 Å². The van der Waals surface area contributed by atoms with Gasteiger partial charge in [0.1, 0.15) is 5.60 Å². The summed E-state index contributed by atoms with van der Waals surface area (Å²) < 4.78 is 4.61. The van der Waals surface area contributed by atoms with Crippen molar-refractivity contribution in [3.05, 3.63) is 22.4 Å². The Balaban J connectivity index is 0.00000529. The maximum atomic E-state index is 11.0. The Labute approximate surface area is 165 Å². The van der Waals surface area contributed by atoms with E-state index in [1.165, 1.54) is 18.4 Å². The molecule has 1 rings (SSSR count). The molecule has 1 heterocycles. The van der Waals surface area contributed by atoms with Gasteiger partial charge in [0.15, 0.2) is 5.96 Å². The van der Waals surface area contributed by atoms with E-state index in [9.17, 15) is 9.90 Å². The molecule has 138 valence electrons. The number of carbonyl (C=O) groups excluding carboxylic acids is 1. The van der Waals surface area contributed by atoms with E-state index in [1.807, 2.05) is 24.4 Å². The summed E-state index contributed by atoms with van der Waals surface area (Å²) in [5.41, 5.74) is -0.971. The number of esters is 1. The second-order valence-electron chi connectivity index (χ2n) is 5.41. The first kappa shape index (κ1) is 23.1. The third-order valence-electron chi connectivity index (χ3n) is 3.27. The molecule has 0 fully saturated rings. The number of thiophene rings is 1. The topological polar surface area (TPSA) is 83.0 Å². The number of guanidine groups is 1. The standard InChI is InChI=1S/C16H27N3O3S.HI/c1-4-17-15(18-10-6-5-9-14(20)22-3)19-12-16(2,21)13-8-7-11-23-13;/h7-8,11,21H,4-6,9-10,12H2,1-3H3,(H2,17,18,19);1H. The minimum absolute atomic E-state index is 0. The lowest BCUT2D eigenvalue weighted by molar-refractivity contribution is -0.140. The van der Waals surface area contributed by atoms with E-state index in [1.54, 1.807) is 6.92 Å². The summed E-state index contributed by atoms with van der Waals surface area (Å²) in [5, 5.41) is 18.8. The van der Waals surface area contributed by atoms with Gasteiger partial charge in [-0.2, -0.15) is 0 Å². The van der Waals surface area contributed by atoms with Crippen LogP contribution < -0.4 is 10.6 Å². The molecule has 3 N–H and O–H groups in total. The first-order chi connectivity index (χ1) is 11.0. The normalized spacial score (nSPS) is 13.6.